The van der Waals surface area contributed by atoms with Gasteiger partial charge in [0, 0.05) is 6.54 Å². The molecule has 2 rings (SSSR count). The third kappa shape index (κ3) is 7.65. The minimum Gasteiger partial charge on any atom is -0.315 e. The molecule has 1 aromatic heterocycles. The molecule has 1 aromatic carbocycles. The quantitative estimate of drug-likeness (QED) is 0.304. The minimum absolute atomic E-state index is 0.445. The zero-order valence-electron chi connectivity index (χ0n) is 16.7. The Balaban J connectivity index is 1.44. The molecular weight excluding hydrogens is 336 g/mol. The molecule has 0 spiro atoms. The highest BCUT2D eigenvalue weighted by molar-refractivity contribution is 7.16. The molecule has 0 aliphatic rings. The molecule has 0 amide bonds. The van der Waals surface area contributed by atoms with Crippen molar-refractivity contribution in [1.29, 1.82) is 0 Å². The molecular formula is C23H37N2S. The van der Waals surface area contributed by atoms with Crippen molar-refractivity contribution in [2.75, 3.05) is 0 Å². The highest BCUT2D eigenvalue weighted by atomic mass is 32.1. The van der Waals surface area contributed by atoms with Gasteiger partial charge in [-0.1, -0.05) is 114 Å². The van der Waals surface area contributed by atoms with E-state index in [1.165, 1.54) is 105 Å². The van der Waals surface area contributed by atoms with Gasteiger partial charge < -0.3 is 4.57 Å². The second-order valence-electron chi connectivity index (χ2n) is 7.60. The summed E-state index contributed by atoms with van der Waals surface area (Å²) in [4.78, 5) is 0.445. The Morgan fingerprint density at radius 1 is 0.731 bits per heavy atom. The van der Waals surface area contributed by atoms with Crippen molar-refractivity contribution in [1.82, 2.24) is 9.98 Å². The molecule has 145 valence electrons. The smallest absolute Gasteiger partial charge is 0.211 e. The van der Waals surface area contributed by atoms with Crippen LogP contribution in [0.1, 0.15) is 96.8 Å². The number of para-hydroxylation sites is 1. The summed E-state index contributed by atoms with van der Waals surface area (Å²) >= 11 is 1.48. The van der Waals surface area contributed by atoms with Crippen LogP contribution in [0.15, 0.2) is 24.3 Å². The van der Waals surface area contributed by atoms with Gasteiger partial charge in [0.05, 0.1) is 10.2 Å². The van der Waals surface area contributed by atoms with Crippen LogP contribution < -0.4 is 10.2 Å². The van der Waals surface area contributed by atoms with E-state index in [-0.39, 0.29) is 0 Å². The number of benzene rings is 1. The van der Waals surface area contributed by atoms with E-state index >= 15 is 0 Å². The lowest BCUT2D eigenvalue weighted by Gasteiger charge is -2.05. The Kier molecular flexibility index (Phi) is 10.7. The first-order chi connectivity index (χ1) is 12.8. The van der Waals surface area contributed by atoms with E-state index in [1.54, 1.807) is 0 Å². The van der Waals surface area contributed by atoms with Crippen LogP contribution in [0.4, 0.5) is 0 Å². The number of aryl methyl sites for hydroxylation is 1. The molecule has 0 N–H and O–H groups in total. The van der Waals surface area contributed by atoms with Crippen LogP contribution in [-0.2, 0) is 6.54 Å². The number of nitrogens with zero attached hydrogens (tertiary/aromatic N) is 2. The van der Waals surface area contributed by atoms with E-state index in [1.807, 2.05) is 6.07 Å². The number of hydrogen-bond donors (Lipinski definition) is 0. The van der Waals surface area contributed by atoms with E-state index in [0.717, 1.165) is 13.0 Å². The van der Waals surface area contributed by atoms with Crippen LogP contribution >= 0.6 is 11.3 Å². The van der Waals surface area contributed by atoms with Crippen molar-refractivity contribution in [2.24, 2.45) is 0 Å². The second-order valence-corrected chi connectivity index (χ2v) is 8.61. The first-order valence-corrected chi connectivity index (χ1v) is 11.7. The van der Waals surface area contributed by atoms with Crippen molar-refractivity contribution in [2.45, 2.75) is 103 Å². The van der Waals surface area contributed by atoms with Gasteiger partial charge in [0.2, 0.25) is 4.80 Å². The predicted octanol–water partition coefficient (Wildman–Crippen LogP) is 6.88. The van der Waals surface area contributed by atoms with Crippen molar-refractivity contribution >= 4 is 21.6 Å². The van der Waals surface area contributed by atoms with E-state index in [0.29, 0.717) is 4.80 Å². The molecule has 3 heteroatoms. The Bertz CT molecular complexity index is 656. The molecule has 0 saturated heterocycles. The average Bonchev–Trinajstić information content (AvgIpc) is 2.97. The highest BCUT2D eigenvalue weighted by Crippen LogP contribution is 2.17. The molecule has 0 fully saturated rings. The minimum atomic E-state index is 0.445. The van der Waals surface area contributed by atoms with Crippen molar-refractivity contribution in [3.63, 3.8) is 0 Å². The van der Waals surface area contributed by atoms with Gasteiger partial charge in [-0.3, -0.25) is 0 Å². The number of aromatic nitrogens is 1. The fourth-order valence-corrected chi connectivity index (χ4v) is 4.63. The molecule has 2 nitrogen and oxygen atoms in total. The molecule has 0 atom stereocenters. The third-order valence-electron chi connectivity index (χ3n) is 5.32. The molecule has 0 aliphatic heterocycles. The van der Waals surface area contributed by atoms with Crippen molar-refractivity contribution in [3.8, 4) is 0 Å². The lowest BCUT2D eigenvalue weighted by atomic mass is 10.0. The van der Waals surface area contributed by atoms with Crippen LogP contribution in [-0.4, -0.2) is 4.57 Å². The maximum absolute atomic E-state index is 10.1. The summed E-state index contributed by atoms with van der Waals surface area (Å²) in [6.45, 7) is 3.22. The normalized spacial score (nSPS) is 11.4. The molecule has 1 heterocycles. The SMILES string of the molecule is CCCCCCCCCCCCCCCCn1c(=[N])sc2ccccc21. The van der Waals surface area contributed by atoms with E-state index < -0.39 is 0 Å². The van der Waals surface area contributed by atoms with Gasteiger partial charge in [0.1, 0.15) is 0 Å². The van der Waals surface area contributed by atoms with Gasteiger partial charge in [0.25, 0.3) is 0 Å². The van der Waals surface area contributed by atoms with Crippen LogP contribution in [0, 0.1) is 0 Å². The van der Waals surface area contributed by atoms with Crippen molar-refractivity contribution < 1.29 is 0 Å². The zero-order chi connectivity index (χ0) is 18.5. The van der Waals surface area contributed by atoms with E-state index in [4.69, 9.17) is 0 Å². The number of fused-ring (bicyclic) bond motifs is 1. The summed E-state index contributed by atoms with van der Waals surface area (Å²) in [7, 11) is 0. The van der Waals surface area contributed by atoms with Crippen LogP contribution in [0.5, 0.6) is 0 Å². The van der Waals surface area contributed by atoms with Gasteiger partial charge in [0.15, 0.2) is 0 Å². The Morgan fingerprint density at radius 3 is 1.81 bits per heavy atom. The summed E-state index contributed by atoms with van der Waals surface area (Å²) in [5.41, 5.74) is 1.17. The average molecular weight is 374 g/mol. The van der Waals surface area contributed by atoms with Gasteiger partial charge in [-0.05, 0) is 18.6 Å². The third-order valence-corrected chi connectivity index (χ3v) is 6.29. The predicted molar refractivity (Wildman–Crippen MR) is 115 cm³/mol. The van der Waals surface area contributed by atoms with Crippen LogP contribution in [0.3, 0.4) is 0 Å². The van der Waals surface area contributed by atoms with Crippen molar-refractivity contribution in [3.05, 3.63) is 29.1 Å². The van der Waals surface area contributed by atoms with Gasteiger partial charge in [-0.25, -0.2) is 0 Å². The fourth-order valence-electron chi connectivity index (χ4n) is 3.70. The Labute approximate surface area is 164 Å². The molecule has 0 bridgehead atoms. The summed E-state index contributed by atoms with van der Waals surface area (Å²) in [5.74, 6) is 0. The topological polar surface area (TPSA) is 27.2 Å². The Hall–Kier alpha value is -1.09. The number of unbranched alkanes of at least 4 members (excludes halogenated alkanes) is 13. The first kappa shape index (κ1) is 21.2. The standard InChI is InChI=1S/C23H37N2S/c1-2-3-4-5-6-7-8-9-10-11-12-13-14-17-20-25-21-18-15-16-19-22(21)26-23(25)24/h15-16,18-19H,2-14,17,20H2,1H3. The van der Waals surface area contributed by atoms with E-state index in [9.17, 15) is 5.41 Å². The molecule has 0 aliphatic carbocycles. The first-order valence-electron chi connectivity index (χ1n) is 10.9. The summed E-state index contributed by atoms with van der Waals surface area (Å²) in [5, 5.41) is 10.1. The summed E-state index contributed by atoms with van der Waals surface area (Å²) in [6, 6.07) is 8.28. The Morgan fingerprint density at radius 2 is 1.23 bits per heavy atom. The second kappa shape index (κ2) is 13.1. The summed E-state index contributed by atoms with van der Waals surface area (Å²) < 4.78 is 3.25. The lowest BCUT2D eigenvalue weighted by molar-refractivity contribution is 0.525. The molecule has 1 radical (unpaired) electrons. The number of rotatable bonds is 15. The zero-order valence-corrected chi connectivity index (χ0v) is 17.5. The maximum atomic E-state index is 10.1. The van der Waals surface area contributed by atoms with E-state index in [2.05, 4.69) is 29.7 Å². The van der Waals surface area contributed by atoms with Gasteiger partial charge in [-0.2, -0.15) is 0 Å². The van der Waals surface area contributed by atoms with Gasteiger partial charge >= 0.3 is 0 Å². The highest BCUT2D eigenvalue weighted by Gasteiger charge is 2.04. The van der Waals surface area contributed by atoms with Gasteiger partial charge in [-0.15, -0.1) is 5.41 Å². The largest absolute Gasteiger partial charge is 0.315 e. The van der Waals surface area contributed by atoms with Crippen LogP contribution in [0.25, 0.3) is 10.2 Å². The number of thiazole rings is 1. The van der Waals surface area contributed by atoms with Crippen LogP contribution in [0.2, 0.25) is 0 Å². The monoisotopic (exact) mass is 373 g/mol. The molecule has 0 unspecified atom stereocenters. The lowest BCUT2D eigenvalue weighted by Crippen LogP contribution is -2.15. The maximum Gasteiger partial charge on any atom is 0.211 e. The summed E-state index contributed by atoms with van der Waals surface area (Å²) in [6.07, 6.45) is 19.4. The molecule has 26 heavy (non-hydrogen) atoms. The number of hydrogen-bond acceptors (Lipinski definition) is 1. The fraction of sp³-hybridized carbons (Fsp3) is 0.696. The molecule has 0 saturated carbocycles. The molecule has 2 aromatic rings.